The SMILES string of the molecule is CCC(C)NC(=O)c1cc(C(C)C)ccc1OC. The van der Waals surface area contributed by atoms with Crippen molar-refractivity contribution in [2.24, 2.45) is 0 Å². The van der Waals surface area contributed by atoms with Gasteiger partial charge in [-0.3, -0.25) is 4.79 Å². The molecule has 0 saturated carbocycles. The molecule has 0 saturated heterocycles. The van der Waals surface area contributed by atoms with Crippen LogP contribution in [0.3, 0.4) is 0 Å². The Balaban J connectivity index is 3.04. The van der Waals surface area contributed by atoms with E-state index in [2.05, 4.69) is 19.2 Å². The molecule has 3 heteroatoms. The summed E-state index contributed by atoms with van der Waals surface area (Å²) in [6.45, 7) is 8.26. The molecule has 1 amide bonds. The van der Waals surface area contributed by atoms with Crippen LogP contribution in [0.5, 0.6) is 5.75 Å². The van der Waals surface area contributed by atoms with Crippen molar-refractivity contribution in [1.82, 2.24) is 5.32 Å². The summed E-state index contributed by atoms with van der Waals surface area (Å²) in [5, 5.41) is 2.97. The lowest BCUT2D eigenvalue weighted by Gasteiger charge is -2.15. The molecule has 0 aliphatic carbocycles. The van der Waals surface area contributed by atoms with E-state index in [0.29, 0.717) is 17.2 Å². The number of hydrogen-bond donors (Lipinski definition) is 1. The second-order valence-corrected chi connectivity index (χ2v) is 4.90. The molecular weight excluding hydrogens is 226 g/mol. The molecule has 100 valence electrons. The standard InChI is InChI=1S/C15H23NO2/c1-6-11(4)16-15(17)13-9-12(10(2)3)7-8-14(13)18-5/h7-11H,6H2,1-5H3,(H,16,17). The molecule has 0 aromatic heterocycles. The average molecular weight is 249 g/mol. The van der Waals surface area contributed by atoms with Gasteiger partial charge in [0.1, 0.15) is 5.75 Å². The van der Waals surface area contributed by atoms with Gasteiger partial charge in [-0.2, -0.15) is 0 Å². The Bertz CT molecular complexity index is 413. The molecule has 3 nitrogen and oxygen atoms in total. The van der Waals surface area contributed by atoms with Crippen LogP contribution in [-0.2, 0) is 0 Å². The van der Waals surface area contributed by atoms with Gasteiger partial charge in [-0.25, -0.2) is 0 Å². The number of rotatable bonds is 5. The second-order valence-electron chi connectivity index (χ2n) is 4.90. The number of hydrogen-bond acceptors (Lipinski definition) is 2. The topological polar surface area (TPSA) is 38.3 Å². The molecule has 1 rings (SSSR count). The van der Waals surface area contributed by atoms with Gasteiger partial charge in [0, 0.05) is 6.04 Å². The van der Waals surface area contributed by atoms with Gasteiger partial charge in [-0.15, -0.1) is 0 Å². The van der Waals surface area contributed by atoms with E-state index in [9.17, 15) is 4.79 Å². The van der Waals surface area contributed by atoms with E-state index in [4.69, 9.17) is 4.74 Å². The highest BCUT2D eigenvalue weighted by Gasteiger charge is 2.15. The quantitative estimate of drug-likeness (QED) is 0.869. The van der Waals surface area contributed by atoms with Gasteiger partial charge in [-0.05, 0) is 37.0 Å². The normalized spacial score (nSPS) is 12.3. The summed E-state index contributed by atoms with van der Waals surface area (Å²) in [7, 11) is 1.59. The molecule has 1 N–H and O–H groups in total. The summed E-state index contributed by atoms with van der Waals surface area (Å²) in [5.74, 6) is 0.954. The van der Waals surface area contributed by atoms with Crippen LogP contribution in [0.4, 0.5) is 0 Å². The number of amides is 1. The lowest BCUT2D eigenvalue weighted by atomic mass is 9.99. The summed E-state index contributed by atoms with van der Waals surface area (Å²) in [6, 6.07) is 5.95. The van der Waals surface area contributed by atoms with Crippen LogP contribution in [0.1, 0.15) is 56.0 Å². The van der Waals surface area contributed by atoms with E-state index in [1.807, 2.05) is 32.0 Å². The Morgan fingerprint density at radius 1 is 1.33 bits per heavy atom. The largest absolute Gasteiger partial charge is 0.496 e. The molecular formula is C15H23NO2. The fraction of sp³-hybridized carbons (Fsp3) is 0.533. The smallest absolute Gasteiger partial charge is 0.255 e. The molecule has 0 fully saturated rings. The van der Waals surface area contributed by atoms with Crippen molar-refractivity contribution in [3.05, 3.63) is 29.3 Å². The van der Waals surface area contributed by atoms with E-state index < -0.39 is 0 Å². The number of methoxy groups -OCH3 is 1. The maximum atomic E-state index is 12.2. The van der Waals surface area contributed by atoms with Crippen LogP contribution in [0.2, 0.25) is 0 Å². The minimum Gasteiger partial charge on any atom is -0.496 e. The highest BCUT2D eigenvalue weighted by atomic mass is 16.5. The van der Waals surface area contributed by atoms with E-state index in [-0.39, 0.29) is 11.9 Å². The third-order valence-electron chi connectivity index (χ3n) is 3.12. The van der Waals surface area contributed by atoms with E-state index in [1.54, 1.807) is 7.11 Å². The summed E-state index contributed by atoms with van der Waals surface area (Å²) in [5.41, 5.74) is 1.76. The highest BCUT2D eigenvalue weighted by molar-refractivity contribution is 5.97. The minimum absolute atomic E-state index is 0.0660. The van der Waals surface area contributed by atoms with Crippen LogP contribution in [-0.4, -0.2) is 19.1 Å². The van der Waals surface area contributed by atoms with Crippen LogP contribution in [0, 0.1) is 0 Å². The zero-order valence-corrected chi connectivity index (χ0v) is 11.9. The van der Waals surface area contributed by atoms with Crippen molar-refractivity contribution in [1.29, 1.82) is 0 Å². The first-order valence-corrected chi connectivity index (χ1v) is 6.48. The van der Waals surface area contributed by atoms with Gasteiger partial charge in [0.25, 0.3) is 5.91 Å². The molecule has 1 aromatic carbocycles. The molecule has 0 bridgehead atoms. The molecule has 0 aliphatic heterocycles. The number of ether oxygens (including phenoxy) is 1. The second kappa shape index (κ2) is 6.43. The molecule has 0 aliphatic rings. The van der Waals surface area contributed by atoms with Crippen molar-refractivity contribution in [2.45, 2.75) is 46.1 Å². The monoisotopic (exact) mass is 249 g/mol. The Morgan fingerprint density at radius 2 is 2.00 bits per heavy atom. The van der Waals surface area contributed by atoms with Crippen molar-refractivity contribution < 1.29 is 9.53 Å². The molecule has 1 aromatic rings. The number of benzene rings is 1. The zero-order chi connectivity index (χ0) is 13.7. The van der Waals surface area contributed by atoms with E-state index >= 15 is 0 Å². The van der Waals surface area contributed by atoms with Crippen LogP contribution >= 0.6 is 0 Å². The lowest BCUT2D eigenvalue weighted by Crippen LogP contribution is -2.32. The average Bonchev–Trinajstić information content (AvgIpc) is 2.37. The fourth-order valence-corrected chi connectivity index (χ4v) is 1.67. The first-order chi connectivity index (χ1) is 8.49. The van der Waals surface area contributed by atoms with Gasteiger partial charge >= 0.3 is 0 Å². The lowest BCUT2D eigenvalue weighted by molar-refractivity contribution is 0.0936. The predicted octanol–water partition coefficient (Wildman–Crippen LogP) is 3.35. The molecule has 0 radical (unpaired) electrons. The van der Waals surface area contributed by atoms with Gasteiger partial charge in [0.05, 0.1) is 12.7 Å². The Kier molecular flexibility index (Phi) is 5.20. The first-order valence-electron chi connectivity index (χ1n) is 6.48. The van der Waals surface area contributed by atoms with Crippen molar-refractivity contribution >= 4 is 5.91 Å². The third-order valence-corrected chi connectivity index (χ3v) is 3.12. The molecule has 1 unspecified atom stereocenters. The Morgan fingerprint density at radius 3 is 2.50 bits per heavy atom. The number of carbonyl (C=O) groups excluding carboxylic acids is 1. The summed E-state index contributed by atoms with van der Waals surface area (Å²) >= 11 is 0. The number of nitrogens with one attached hydrogen (secondary N) is 1. The molecule has 0 heterocycles. The minimum atomic E-state index is -0.0660. The van der Waals surface area contributed by atoms with Gasteiger partial charge in [0.15, 0.2) is 0 Å². The Labute approximate surface area is 110 Å². The maximum Gasteiger partial charge on any atom is 0.255 e. The third kappa shape index (κ3) is 3.49. The predicted molar refractivity (Wildman–Crippen MR) is 74.3 cm³/mol. The summed E-state index contributed by atoms with van der Waals surface area (Å²) in [4.78, 5) is 12.2. The van der Waals surface area contributed by atoms with E-state index in [1.165, 1.54) is 0 Å². The fourth-order valence-electron chi connectivity index (χ4n) is 1.67. The van der Waals surface area contributed by atoms with Crippen molar-refractivity contribution in [3.63, 3.8) is 0 Å². The zero-order valence-electron chi connectivity index (χ0n) is 11.9. The van der Waals surface area contributed by atoms with Crippen LogP contribution in [0.15, 0.2) is 18.2 Å². The summed E-state index contributed by atoms with van der Waals surface area (Å²) < 4.78 is 5.26. The van der Waals surface area contributed by atoms with Crippen molar-refractivity contribution in [2.75, 3.05) is 7.11 Å². The van der Waals surface area contributed by atoms with Crippen molar-refractivity contribution in [3.8, 4) is 5.75 Å². The summed E-state index contributed by atoms with van der Waals surface area (Å²) in [6.07, 6.45) is 0.915. The van der Waals surface area contributed by atoms with Gasteiger partial charge < -0.3 is 10.1 Å². The first kappa shape index (κ1) is 14.6. The number of carbonyl (C=O) groups is 1. The highest BCUT2D eigenvalue weighted by Crippen LogP contribution is 2.24. The van der Waals surface area contributed by atoms with Crippen LogP contribution < -0.4 is 10.1 Å². The van der Waals surface area contributed by atoms with E-state index in [0.717, 1.165) is 12.0 Å². The molecule has 0 spiro atoms. The molecule has 1 atom stereocenters. The Hall–Kier alpha value is -1.51. The molecule has 18 heavy (non-hydrogen) atoms. The van der Waals surface area contributed by atoms with Gasteiger partial charge in [0.2, 0.25) is 0 Å². The van der Waals surface area contributed by atoms with Crippen LogP contribution in [0.25, 0.3) is 0 Å². The maximum absolute atomic E-state index is 12.2. The van der Waals surface area contributed by atoms with Gasteiger partial charge in [-0.1, -0.05) is 26.8 Å².